The van der Waals surface area contributed by atoms with Crippen LogP contribution in [0.15, 0.2) is 24.5 Å². The third kappa shape index (κ3) is 4.22. The number of hydrogen-bond donors (Lipinski definition) is 3. The number of nitrogens with zero attached hydrogens (tertiary/aromatic N) is 1. The van der Waals surface area contributed by atoms with Gasteiger partial charge in [-0.2, -0.15) is 0 Å². The summed E-state index contributed by atoms with van der Waals surface area (Å²) >= 11 is 0. The van der Waals surface area contributed by atoms with E-state index in [2.05, 4.69) is 20.9 Å². The molecule has 0 aromatic carbocycles. The van der Waals surface area contributed by atoms with E-state index in [-0.39, 0.29) is 11.9 Å². The van der Waals surface area contributed by atoms with Crippen molar-refractivity contribution >= 4 is 17.6 Å². The minimum atomic E-state index is -0.563. The van der Waals surface area contributed by atoms with Crippen LogP contribution in [0, 0.1) is 0 Å². The molecular formula is C14H20N4O2. The summed E-state index contributed by atoms with van der Waals surface area (Å²) in [5, 5.41) is 8.20. The number of urea groups is 1. The molecule has 1 aromatic heterocycles. The first-order chi connectivity index (χ1) is 9.65. The Morgan fingerprint density at radius 3 is 2.75 bits per heavy atom. The van der Waals surface area contributed by atoms with E-state index < -0.39 is 12.1 Å². The summed E-state index contributed by atoms with van der Waals surface area (Å²) in [4.78, 5) is 27.6. The number of carbonyl (C=O) groups excluding carboxylic acids is 2. The van der Waals surface area contributed by atoms with Gasteiger partial charge in [0, 0.05) is 12.2 Å². The molecule has 1 aliphatic carbocycles. The average Bonchev–Trinajstić information content (AvgIpc) is 2.92. The SMILES string of the molecule is C[C@@H](NC(=O)Nc1cccnc1)C(=O)NC1CCCC1. The number of pyridine rings is 1. The van der Waals surface area contributed by atoms with Crippen LogP contribution in [0.5, 0.6) is 0 Å². The molecule has 1 saturated carbocycles. The van der Waals surface area contributed by atoms with E-state index >= 15 is 0 Å². The topological polar surface area (TPSA) is 83.1 Å². The number of nitrogens with one attached hydrogen (secondary N) is 3. The molecule has 1 heterocycles. The van der Waals surface area contributed by atoms with Gasteiger partial charge >= 0.3 is 6.03 Å². The molecule has 3 amide bonds. The lowest BCUT2D eigenvalue weighted by molar-refractivity contribution is -0.123. The fourth-order valence-electron chi connectivity index (χ4n) is 2.26. The van der Waals surface area contributed by atoms with Crippen molar-refractivity contribution < 1.29 is 9.59 Å². The smallest absolute Gasteiger partial charge is 0.319 e. The molecule has 6 heteroatoms. The molecule has 1 aliphatic rings. The van der Waals surface area contributed by atoms with Gasteiger partial charge in [0.25, 0.3) is 0 Å². The second-order valence-corrected chi connectivity index (χ2v) is 5.05. The van der Waals surface area contributed by atoms with Crippen molar-refractivity contribution in [2.45, 2.75) is 44.7 Å². The van der Waals surface area contributed by atoms with E-state index in [1.165, 1.54) is 0 Å². The summed E-state index contributed by atoms with van der Waals surface area (Å²) in [5.41, 5.74) is 0.591. The van der Waals surface area contributed by atoms with Gasteiger partial charge in [0.2, 0.25) is 5.91 Å². The Hall–Kier alpha value is -2.11. The predicted molar refractivity (Wildman–Crippen MR) is 76.3 cm³/mol. The van der Waals surface area contributed by atoms with Crippen molar-refractivity contribution in [1.29, 1.82) is 0 Å². The molecule has 108 valence electrons. The molecular weight excluding hydrogens is 256 g/mol. The molecule has 1 atom stereocenters. The molecule has 0 radical (unpaired) electrons. The predicted octanol–water partition coefficient (Wildman–Crippen LogP) is 1.65. The fourth-order valence-corrected chi connectivity index (χ4v) is 2.26. The van der Waals surface area contributed by atoms with Gasteiger partial charge in [0.15, 0.2) is 0 Å². The highest BCUT2D eigenvalue weighted by atomic mass is 16.2. The van der Waals surface area contributed by atoms with Crippen LogP contribution in [0.3, 0.4) is 0 Å². The van der Waals surface area contributed by atoms with E-state index in [0.717, 1.165) is 25.7 Å². The number of carbonyl (C=O) groups is 2. The number of aromatic nitrogens is 1. The van der Waals surface area contributed by atoms with Gasteiger partial charge < -0.3 is 16.0 Å². The van der Waals surface area contributed by atoms with E-state index in [1.54, 1.807) is 31.5 Å². The van der Waals surface area contributed by atoms with Crippen molar-refractivity contribution in [2.75, 3.05) is 5.32 Å². The van der Waals surface area contributed by atoms with Crippen molar-refractivity contribution in [3.8, 4) is 0 Å². The van der Waals surface area contributed by atoms with Gasteiger partial charge in [-0.1, -0.05) is 12.8 Å². The van der Waals surface area contributed by atoms with Gasteiger partial charge in [-0.3, -0.25) is 9.78 Å². The van der Waals surface area contributed by atoms with Crippen LogP contribution >= 0.6 is 0 Å². The molecule has 0 bridgehead atoms. The van der Waals surface area contributed by atoms with E-state index in [1.807, 2.05) is 0 Å². The summed E-state index contributed by atoms with van der Waals surface area (Å²) in [5.74, 6) is -0.141. The first kappa shape index (κ1) is 14.3. The summed E-state index contributed by atoms with van der Waals surface area (Å²) in [7, 11) is 0. The van der Waals surface area contributed by atoms with Gasteiger partial charge in [0.05, 0.1) is 11.9 Å². The first-order valence-corrected chi connectivity index (χ1v) is 6.93. The van der Waals surface area contributed by atoms with Crippen LogP contribution in [-0.4, -0.2) is 29.0 Å². The maximum absolute atomic E-state index is 11.9. The lowest BCUT2D eigenvalue weighted by Gasteiger charge is -2.18. The fraction of sp³-hybridized carbons (Fsp3) is 0.500. The Kier molecular flexibility index (Phi) is 4.92. The Labute approximate surface area is 118 Å². The van der Waals surface area contributed by atoms with Gasteiger partial charge in [0.1, 0.15) is 6.04 Å². The Balaban J connectivity index is 1.76. The van der Waals surface area contributed by atoms with Crippen LogP contribution in [0.2, 0.25) is 0 Å². The summed E-state index contributed by atoms with van der Waals surface area (Å²) in [6.45, 7) is 1.67. The minimum Gasteiger partial charge on any atom is -0.352 e. The lowest BCUT2D eigenvalue weighted by Crippen LogP contribution is -2.48. The van der Waals surface area contributed by atoms with Crippen LogP contribution in [-0.2, 0) is 4.79 Å². The second kappa shape index (κ2) is 6.88. The molecule has 3 N–H and O–H groups in total. The van der Waals surface area contributed by atoms with Crippen LogP contribution in [0.25, 0.3) is 0 Å². The minimum absolute atomic E-state index is 0.141. The van der Waals surface area contributed by atoms with Crippen molar-refractivity contribution in [3.63, 3.8) is 0 Å². The molecule has 20 heavy (non-hydrogen) atoms. The molecule has 6 nitrogen and oxygen atoms in total. The van der Waals surface area contributed by atoms with Crippen LogP contribution in [0.4, 0.5) is 10.5 Å². The number of hydrogen-bond acceptors (Lipinski definition) is 3. The Bertz CT molecular complexity index is 458. The van der Waals surface area contributed by atoms with Crippen molar-refractivity contribution in [1.82, 2.24) is 15.6 Å². The molecule has 0 spiro atoms. The molecule has 1 fully saturated rings. The highest BCUT2D eigenvalue weighted by Crippen LogP contribution is 2.17. The zero-order chi connectivity index (χ0) is 14.4. The van der Waals surface area contributed by atoms with Crippen molar-refractivity contribution in [3.05, 3.63) is 24.5 Å². The summed E-state index contributed by atoms with van der Waals surface area (Å²) in [6, 6.07) is 2.74. The first-order valence-electron chi connectivity index (χ1n) is 6.93. The third-order valence-corrected chi connectivity index (χ3v) is 3.36. The summed E-state index contributed by atoms with van der Waals surface area (Å²) in [6.07, 6.45) is 7.55. The zero-order valence-electron chi connectivity index (χ0n) is 11.6. The summed E-state index contributed by atoms with van der Waals surface area (Å²) < 4.78 is 0. The molecule has 0 unspecified atom stereocenters. The maximum Gasteiger partial charge on any atom is 0.319 e. The maximum atomic E-state index is 11.9. The standard InChI is InChI=1S/C14H20N4O2/c1-10(13(19)17-11-5-2-3-6-11)16-14(20)18-12-7-4-8-15-9-12/h4,7-11H,2-3,5-6H2,1H3,(H,17,19)(H2,16,18,20)/t10-/m1/s1. The number of anilines is 1. The Morgan fingerprint density at radius 1 is 1.35 bits per heavy atom. The number of rotatable bonds is 4. The van der Waals surface area contributed by atoms with E-state index in [0.29, 0.717) is 5.69 Å². The Morgan fingerprint density at radius 2 is 2.10 bits per heavy atom. The molecule has 1 aromatic rings. The quantitative estimate of drug-likeness (QED) is 0.782. The number of amides is 3. The molecule has 0 aliphatic heterocycles. The van der Waals surface area contributed by atoms with Gasteiger partial charge in [-0.05, 0) is 31.9 Å². The molecule has 0 saturated heterocycles. The highest BCUT2D eigenvalue weighted by molar-refractivity contribution is 5.93. The van der Waals surface area contributed by atoms with Crippen LogP contribution in [0.1, 0.15) is 32.6 Å². The normalized spacial score (nSPS) is 16.4. The van der Waals surface area contributed by atoms with E-state index in [9.17, 15) is 9.59 Å². The second-order valence-electron chi connectivity index (χ2n) is 5.05. The lowest BCUT2D eigenvalue weighted by atomic mass is 10.2. The molecule has 2 rings (SSSR count). The largest absolute Gasteiger partial charge is 0.352 e. The van der Waals surface area contributed by atoms with Crippen LogP contribution < -0.4 is 16.0 Å². The van der Waals surface area contributed by atoms with Gasteiger partial charge in [-0.15, -0.1) is 0 Å². The van der Waals surface area contributed by atoms with Gasteiger partial charge in [-0.25, -0.2) is 4.79 Å². The van der Waals surface area contributed by atoms with E-state index in [4.69, 9.17) is 0 Å². The third-order valence-electron chi connectivity index (χ3n) is 3.36. The van der Waals surface area contributed by atoms with Crippen molar-refractivity contribution in [2.24, 2.45) is 0 Å². The highest BCUT2D eigenvalue weighted by Gasteiger charge is 2.21. The average molecular weight is 276 g/mol. The monoisotopic (exact) mass is 276 g/mol. The zero-order valence-corrected chi connectivity index (χ0v) is 11.6.